The molecule has 1 atom stereocenters. The summed E-state index contributed by atoms with van der Waals surface area (Å²) >= 11 is 0. The van der Waals surface area contributed by atoms with Crippen molar-refractivity contribution >= 4 is 6.09 Å². The summed E-state index contributed by atoms with van der Waals surface area (Å²) in [5.74, 6) is 0.980. The smallest absolute Gasteiger partial charge is 0.410 e. The first-order valence-electron chi connectivity index (χ1n) is 7.48. The lowest BCUT2D eigenvalue weighted by atomic mass is 10.1. The molecule has 0 spiro atoms. The summed E-state index contributed by atoms with van der Waals surface area (Å²) in [5.41, 5.74) is 0.114. The topological polar surface area (TPSA) is 62.6 Å². The van der Waals surface area contributed by atoms with E-state index in [4.69, 9.17) is 14.7 Å². The number of amides is 1. The van der Waals surface area contributed by atoms with Crippen molar-refractivity contribution in [1.29, 1.82) is 5.26 Å². The van der Waals surface area contributed by atoms with E-state index < -0.39 is 5.60 Å². The number of hydrogen-bond acceptors (Lipinski definition) is 4. The van der Waals surface area contributed by atoms with E-state index in [-0.39, 0.29) is 6.09 Å². The minimum absolute atomic E-state index is 0.263. The predicted octanol–water partition coefficient (Wildman–Crippen LogP) is 3.19. The molecule has 5 heteroatoms. The lowest BCUT2D eigenvalue weighted by molar-refractivity contribution is 0.0285. The van der Waals surface area contributed by atoms with Gasteiger partial charge in [0, 0.05) is 19.0 Å². The molecule has 1 amide bonds. The number of rotatable bonds is 3. The van der Waals surface area contributed by atoms with Crippen molar-refractivity contribution in [1.82, 2.24) is 4.90 Å². The maximum atomic E-state index is 12.0. The second-order valence-corrected chi connectivity index (χ2v) is 6.53. The standard InChI is InChI=1S/C17H22N2O3/c1-17(2,3)22-16(20)19-8-7-14(11-19)12-21-15-6-4-5-13(9-15)10-18/h4-6,9,14H,7-8,11-12H2,1-3H3/t14-/m0/s1. The lowest BCUT2D eigenvalue weighted by Crippen LogP contribution is -2.35. The van der Waals surface area contributed by atoms with Crippen LogP contribution in [0.25, 0.3) is 0 Å². The highest BCUT2D eigenvalue weighted by Crippen LogP contribution is 2.21. The Balaban J connectivity index is 1.81. The quantitative estimate of drug-likeness (QED) is 0.860. The van der Waals surface area contributed by atoms with Crippen LogP contribution in [0.1, 0.15) is 32.8 Å². The maximum Gasteiger partial charge on any atom is 0.410 e. The number of nitriles is 1. The van der Waals surface area contributed by atoms with Gasteiger partial charge in [0.15, 0.2) is 0 Å². The summed E-state index contributed by atoms with van der Waals surface area (Å²) in [6, 6.07) is 9.19. The zero-order valence-corrected chi connectivity index (χ0v) is 13.3. The van der Waals surface area contributed by atoms with Crippen LogP contribution in [0.4, 0.5) is 4.79 Å². The van der Waals surface area contributed by atoms with Gasteiger partial charge in [-0.05, 0) is 45.4 Å². The Hall–Kier alpha value is -2.22. The highest BCUT2D eigenvalue weighted by molar-refractivity contribution is 5.68. The van der Waals surface area contributed by atoms with E-state index in [1.54, 1.807) is 23.1 Å². The summed E-state index contributed by atoms with van der Waals surface area (Å²) in [6.45, 7) is 7.47. The first-order chi connectivity index (χ1) is 10.4. The van der Waals surface area contributed by atoms with Crippen molar-refractivity contribution in [3.8, 4) is 11.8 Å². The van der Waals surface area contributed by atoms with Gasteiger partial charge in [-0.25, -0.2) is 4.79 Å². The van der Waals surface area contributed by atoms with Gasteiger partial charge in [-0.3, -0.25) is 0 Å². The van der Waals surface area contributed by atoms with Gasteiger partial charge >= 0.3 is 6.09 Å². The first-order valence-corrected chi connectivity index (χ1v) is 7.48. The molecule has 2 rings (SSSR count). The fourth-order valence-electron chi connectivity index (χ4n) is 2.33. The molecule has 1 fully saturated rings. The molecule has 1 aromatic rings. The molecule has 0 aliphatic carbocycles. The number of hydrogen-bond donors (Lipinski definition) is 0. The molecule has 118 valence electrons. The van der Waals surface area contributed by atoms with Gasteiger partial charge in [-0.15, -0.1) is 0 Å². The molecule has 1 saturated heterocycles. The van der Waals surface area contributed by atoms with E-state index in [1.165, 1.54) is 0 Å². The minimum atomic E-state index is -0.469. The third kappa shape index (κ3) is 4.66. The van der Waals surface area contributed by atoms with E-state index in [0.717, 1.165) is 6.42 Å². The largest absolute Gasteiger partial charge is 0.493 e. The number of carbonyl (C=O) groups excluding carboxylic acids is 1. The number of ether oxygens (including phenoxy) is 2. The van der Waals surface area contributed by atoms with Gasteiger partial charge < -0.3 is 14.4 Å². The molecule has 0 radical (unpaired) electrons. The van der Waals surface area contributed by atoms with Gasteiger partial charge in [0.05, 0.1) is 18.2 Å². The molecule has 0 N–H and O–H groups in total. The van der Waals surface area contributed by atoms with Crippen LogP contribution in [-0.4, -0.2) is 36.3 Å². The maximum absolute atomic E-state index is 12.0. The van der Waals surface area contributed by atoms with Gasteiger partial charge in [-0.2, -0.15) is 5.26 Å². The fourth-order valence-corrected chi connectivity index (χ4v) is 2.33. The lowest BCUT2D eigenvalue weighted by Gasteiger charge is -2.24. The molecule has 1 heterocycles. The Morgan fingerprint density at radius 1 is 1.45 bits per heavy atom. The Labute approximate surface area is 131 Å². The third-order valence-corrected chi connectivity index (χ3v) is 3.39. The number of carbonyl (C=O) groups is 1. The molecule has 0 bridgehead atoms. The second kappa shape index (κ2) is 6.69. The fraction of sp³-hybridized carbons (Fsp3) is 0.529. The predicted molar refractivity (Wildman–Crippen MR) is 82.6 cm³/mol. The molecule has 5 nitrogen and oxygen atoms in total. The molecular weight excluding hydrogens is 280 g/mol. The summed E-state index contributed by atoms with van der Waals surface area (Å²) in [6.07, 6.45) is 0.637. The van der Waals surface area contributed by atoms with Crippen molar-refractivity contribution in [2.24, 2.45) is 5.92 Å². The molecule has 1 aliphatic heterocycles. The van der Waals surface area contributed by atoms with Crippen LogP contribution in [0.3, 0.4) is 0 Å². The first kappa shape index (κ1) is 16.2. The summed E-state index contributed by atoms with van der Waals surface area (Å²) in [4.78, 5) is 13.7. The Morgan fingerprint density at radius 3 is 2.91 bits per heavy atom. The zero-order valence-electron chi connectivity index (χ0n) is 13.3. The Kier molecular flexibility index (Phi) is 4.92. The summed E-state index contributed by atoms with van der Waals surface area (Å²) in [7, 11) is 0. The van der Waals surface area contributed by atoms with Crippen LogP contribution in [0, 0.1) is 17.2 Å². The summed E-state index contributed by atoms with van der Waals surface area (Å²) in [5, 5.41) is 8.87. The highest BCUT2D eigenvalue weighted by Gasteiger charge is 2.30. The molecule has 1 aromatic carbocycles. The van der Waals surface area contributed by atoms with Crippen LogP contribution < -0.4 is 4.74 Å². The van der Waals surface area contributed by atoms with E-state index in [9.17, 15) is 4.79 Å². The van der Waals surface area contributed by atoms with Crippen LogP contribution in [0.15, 0.2) is 24.3 Å². The average Bonchev–Trinajstić information content (AvgIpc) is 2.92. The molecule has 0 unspecified atom stereocenters. The molecular formula is C17H22N2O3. The van der Waals surface area contributed by atoms with Crippen molar-refractivity contribution in [3.05, 3.63) is 29.8 Å². The third-order valence-electron chi connectivity index (χ3n) is 3.39. The van der Waals surface area contributed by atoms with Crippen molar-refractivity contribution in [2.45, 2.75) is 32.8 Å². The molecule has 1 aliphatic rings. The van der Waals surface area contributed by atoms with Crippen LogP contribution in [0.5, 0.6) is 5.75 Å². The van der Waals surface area contributed by atoms with E-state index in [2.05, 4.69) is 6.07 Å². The monoisotopic (exact) mass is 302 g/mol. The highest BCUT2D eigenvalue weighted by atomic mass is 16.6. The minimum Gasteiger partial charge on any atom is -0.493 e. The van der Waals surface area contributed by atoms with Gasteiger partial charge in [-0.1, -0.05) is 6.07 Å². The Bertz CT molecular complexity index is 572. The van der Waals surface area contributed by atoms with Crippen LogP contribution >= 0.6 is 0 Å². The van der Waals surface area contributed by atoms with Gasteiger partial charge in [0.2, 0.25) is 0 Å². The van der Waals surface area contributed by atoms with Crippen molar-refractivity contribution < 1.29 is 14.3 Å². The number of nitrogens with zero attached hydrogens (tertiary/aromatic N) is 2. The molecule has 22 heavy (non-hydrogen) atoms. The summed E-state index contributed by atoms with van der Waals surface area (Å²) < 4.78 is 11.1. The Morgan fingerprint density at radius 2 is 2.23 bits per heavy atom. The van der Waals surface area contributed by atoms with Gasteiger partial charge in [0.1, 0.15) is 11.4 Å². The average molecular weight is 302 g/mol. The van der Waals surface area contributed by atoms with Crippen molar-refractivity contribution in [3.63, 3.8) is 0 Å². The number of likely N-dealkylation sites (tertiary alicyclic amines) is 1. The van der Waals surface area contributed by atoms with E-state index >= 15 is 0 Å². The zero-order chi connectivity index (χ0) is 16.2. The number of benzene rings is 1. The SMILES string of the molecule is CC(C)(C)OC(=O)N1CC[C@H](COc2cccc(C#N)c2)C1. The van der Waals surface area contributed by atoms with Gasteiger partial charge in [0.25, 0.3) is 0 Å². The van der Waals surface area contributed by atoms with Crippen LogP contribution in [-0.2, 0) is 4.74 Å². The van der Waals surface area contributed by atoms with E-state index in [0.29, 0.717) is 36.9 Å². The van der Waals surface area contributed by atoms with Crippen LogP contribution in [0.2, 0.25) is 0 Å². The molecule has 0 saturated carbocycles. The van der Waals surface area contributed by atoms with Crippen molar-refractivity contribution in [2.75, 3.05) is 19.7 Å². The van der Waals surface area contributed by atoms with E-state index in [1.807, 2.05) is 26.8 Å². The second-order valence-electron chi connectivity index (χ2n) is 6.53. The molecule has 0 aromatic heterocycles. The normalized spacial score (nSPS) is 17.9.